The second-order valence-electron chi connectivity index (χ2n) is 6.93. The fourth-order valence-corrected chi connectivity index (χ4v) is 4.41. The van der Waals surface area contributed by atoms with Gasteiger partial charge in [-0.25, -0.2) is 0 Å². The minimum atomic E-state index is -0.411. The molecule has 3 rings (SSSR count). The maximum absolute atomic E-state index is 11.8. The highest BCUT2D eigenvalue weighted by Crippen LogP contribution is 2.67. The summed E-state index contributed by atoms with van der Waals surface area (Å²) < 4.78 is 0. The lowest BCUT2D eigenvalue weighted by atomic mass is 9.71. The van der Waals surface area contributed by atoms with Gasteiger partial charge in [-0.1, -0.05) is 44.2 Å². The van der Waals surface area contributed by atoms with Gasteiger partial charge in [0.05, 0.1) is 11.5 Å². The highest BCUT2D eigenvalue weighted by atomic mass is 16.1. The van der Waals surface area contributed by atoms with E-state index in [1.54, 1.807) is 0 Å². The molecule has 1 aromatic rings. The molecule has 2 aliphatic rings. The van der Waals surface area contributed by atoms with Gasteiger partial charge in [0.15, 0.2) is 0 Å². The van der Waals surface area contributed by atoms with Crippen LogP contribution in [0.5, 0.6) is 0 Å². The molecule has 1 unspecified atom stereocenters. The van der Waals surface area contributed by atoms with Crippen molar-refractivity contribution in [3.05, 3.63) is 35.9 Å². The summed E-state index contributed by atoms with van der Waals surface area (Å²) in [7, 11) is 0. The summed E-state index contributed by atoms with van der Waals surface area (Å²) >= 11 is 0. The number of hydrogen-bond donors (Lipinski definition) is 0. The first kappa shape index (κ1) is 12.4. The Morgan fingerprint density at radius 1 is 1.05 bits per heavy atom. The van der Waals surface area contributed by atoms with Crippen LogP contribution in [0.3, 0.4) is 0 Å². The Kier molecular flexibility index (Phi) is 2.41. The fraction of sp³-hybridized carbons (Fsp3) is 0.529. The molecule has 0 saturated heterocycles. The van der Waals surface area contributed by atoms with Crippen LogP contribution in [0.15, 0.2) is 30.3 Å². The molecule has 0 heterocycles. The zero-order valence-electron chi connectivity index (χ0n) is 11.6. The van der Waals surface area contributed by atoms with Crippen molar-refractivity contribution in [2.75, 3.05) is 0 Å². The molecular formula is C17H19NO. The first-order valence-electron chi connectivity index (χ1n) is 6.92. The molecule has 3 atom stereocenters. The molecule has 1 aromatic carbocycles. The van der Waals surface area contributed by atoms with E-state index < -0.39 is 5.41 Å². The highest BCUT2D eigenvalue weighted by Gasteiger charge is 2.63. The van der Waals surface area contributed by atoms with Crippen molar-refractivity contribution in [1.82, 2.24) is 0 Å². The summed E-state index contributed by atoms with van der Waals surface area (Å²) in [4.78, 5) is 11.8. The van der Waals surface area contributed by atoms with Gasteiger partial charge in [-0.05, 0) is 29.2 Å². The molecule has 0 spiro atoms. The van der Waals surface area contributed by atoms with Crippen molar-refractivity contribution >= 4 is 5.78 Å². The Balaban J connectivity index is 2.06. The van der Waals surface area contributed by atoms with Gasteiger partial charge in [-0.2, -0.15) is 5.26 Å². The number of carbonyl (C=O) groups is 1. The van der Waals surface area contributed by atoms with Crippen LogP contribution >= 0.6 is 0 Å². The van der Waals surface area contributed by atoms with Crippen LogP contribution in [0.2, 0.25) is 0 Å². The highest BCUT2D eigenvalue weighted by molar-refractivity contribution is 5.83. The molecule has 2 saturated carbocycles. The van der Waals surface area contributed by atoms with Crippen molar-refractivity contribution in [2.24, 2.45) is 10.8 Å². The Hall–Kier alpha value is -1.62. The SMILES string of the molecule is C[C@@]12CC(=O)C[C@]1(C)CC(C#N)(c1ccccc1)C2. The Morgan fingerprint density at radius 3 is 2.05 bits per heavy atom. The molecule has 0 aliphatic heterocycles. The number of nitriles is 1. The Bertz CT molecular complexity index is 549. The van der Waals surface area contributed by atoms with E-state index in [0.717, 1.165) is 18.4 Å². The molecule has 0 aromatic heterocycles. The van der Waals surface area contributed by atoms with E-state index in [1.165, 1.54) is 0 Å². The largest absolute Gasteiger partial charge is 0.300 e. The van der Waals surface area contributed by atoms with Gasteiger partial charge in [0, 0.05) is 12.8 Å². The number of benzene rings is 1. The van der Waals surface area contributed by atoms with E-state index in [1.807, 2.05) is 18.2 Å². The van der Waals surface area contributed by atoms with Crippen LogP contribution in [0.25, 0.3) is 0 Å². The molecule has 0 amide bonds. The number of Topliss-reactive ketones (excluding diaryl/α,β-unsaturated/α-hetero) is 1. The van der Waals surface area contributed by atoms with E-state index in [0.29, 0.717) is 18.6 Å². The number of carbonyl (C=O) groups excluding carboxylic acids is 1. The molecule has 2 aliphatic carbocycles. The lowest BCUT2D eigenvalue weighted by Gasteiger charge is -2.32. The summed E-state index contributed by atoms with van der Waals surface area (Å²) in [5.74, 6) is 0.365. The molecule has 98 valence electrons. The average molecular weight is 253 g/mol. The minimum Gasteiger partial charge on any atom is -0.300 e. The quantitative estimate of drug-likeness (QED) is 0.767. The summed E-state index contributed by atoms with van der Waals surface area (Å²) in [5, 5.41) is 9.78. The summed E-state index contributed by atoms with van der Waals surface area (Å²) in [6.07, 6.45) is 2.89. The van der Waals surface area contributed by atoms with Crippen LogP contribution in [0.4, 0.5) is 0 Å². The smallest absolute Gasteiger partial charge is 0.134 e. The molecule has 19 heavy (non-hydrogen) atoms. The predicted octanol–water partition coefficient (Wildman–Crippen LogP) is 3.62. The lowest BCUT2D eigenvalue weighted by molar-refractivity contribution is -0.118. The van der Waals surface area contributed by atoms with Crippen LogP contribution < -0.4 is 0 Å². The van der Waals surface area contributed by atoms with Gasteiger partial charge in [-0.3, -0.25) is 4.79 Å². The maximum atomic E-state index is 11.8. The van der Waals surface area contributed by atoms with Crippen molar-refractivity contribution in [3.8, 4) is 6.07 Å². The summed E-state index contributed by atoms with van der Waals surface area (Å²) in [6.45, 7) is 4.39. The van der Waals surface area contributed by atoms with Gasteiger partial charge in [0.2, 0.25) is 0 Å². The summed E-state index contributed by atoms with van der Waals surface area (Å²) in [5.41, 5.74) is 0.665. The van der Waals surface area contributed by atoms with Gasteiger partial charge in [0.1, 0.15) is 5.78 Å². The lowest BCUT2D eigenvalue weighted by Crippen LogP contribution is -2.25. The third-order valence-electron chi connectivity index (χ3n) is 5.56. The summed E-state index contributed by atoms with van der Waals surface area (Å²) in [6, 6.07) is 12.7. The molecule has 0 radical (unpaired) electrons. The molecule has 2 fully saturated rings. The average Bonchev–Trinajstić information content (AvgIpc) is 2.71. The Labute approximate surface area is 114 Å². The minimum absolute atomic E-state index is 0.0182. The fourth-order valence-electron chi connectivity index (χ4n) is 4.41. The number of nitrogens with zero attached hydrogens (tertiary/aromatic N) is 1. The topological polar surface area (TPSA) is 40.9 Å². The molecule has 2 nitrogen and oxygen atoms in total. The molecule has 0 bridgehead atoms. The van der Waals surface area contributed by atoms with Gasteiger partial charge >= 0.3 is 0 Å². The van der Waals surface area contributed by atoms with E-state index in [-0.39, 0.29) is 10.8 Å². The van der Waals surface area contributed by atoms with Crippen molar-refractivity contribution in [1.29, 1.82) is 5.26 Å². The molecule has 2 heteroatoms. The number of fused-ring (bicyclic) bond motifs is 1. The zero-order chi connectivity index (χ0) is 13.7. The van der Waals surface area contributed by atoms with Crippen LogP contribution in [-0.4, -0.2) is 5.78 Å². The molecular weight excluding hydrogens is 234 g/mol. The van der Waals surface area contributed by atoms with Crippen LogP contribution in [0.1, 0.15) is 45.1 Å². The molecule has 0 N–H and O–H groups in total. The van der Waals surface area contributed by atoms with Gasteiger partial charge < -0.3 is 0 Å². The first-order valence-corrected chi connectivity index (χ1v) is 6.92. The van der Waals surface area contributed by atoms with Crippen molar-refractivity contribution in [3.63, 3.8) is 0 Å². The Morgan fingerprint density at radius 2 is 1.58 bits per heavy atom. The van der Waals surface area contributed by atoms with Crippen LogP contribution in [-0.2, 0) is 10.2 Å². The van der Waals surface area contributed by atoms with E-state index in [2.05, 4.69) is 32.0 Å². The van der Waals surface area contributed by atoms with Crippen molar-refractivity contribution in [2.45, 2.75) is 44.9 Å². The number of rotatable bonds is 1. The monoisotopic (exact) mass is 253 g/mol. The second kappa shape index (κ2) is 3.70. The van der Waals surface area contributed by atoms with E-state index in [9.17, 15) is 10.1 Å². The van der Waals surface area contributed by atoms with E-state index >= 15 is 0 Å². The third-order valence-corrected chi connectivity index (χ3v) is 5.56. The standard InChI is InChI=1S/C17H19NO/c1-15-8-14(19)9-16(15,2)11-17(10-15,12-18)13-6-4-3-5-7-13/h3-7H,8-11H2,1-2H3/t15-,16+,17?. The number of ketones is 1. The van der Waals surface area contributed by atoms with Crippen LogP contribution in [0, 0.1) is 22.2 Å². The van der Waals surface area contributed by atoms with Gasteiger partial charge in [-0.15, -0.1) is 0 Å². The second-order valence-corrected chi connectivity index (χ2v) is 6.93. The first-order chi connectivity index (χ1) is 8.93. The maximum Gasteiger partial charge on any atom is 0.134 e. The zero-order valence-corrected chi connectivity index (χ0v) is 11.6. The normalized spacial score (nSPS) is 41.0. The third kappa shape index (κ3) is 1.57. The van der Waals surface area contributed by atoms with Gasteiger partial charge in [0.25, 0.3) is 0 Å². The van der Waals surface area contributed by atoms with Crippen molar-refractivity contribution < 1.29 is 4.79 Å². The predicted molar refractivity (Wildman–Crippen MR) is 73.4 cm³/mol. The number of hydrogen-bond acceptors (Lipinski definition) is 2. The van der Waals surface area contributed by atoms with E-state index in [4.69, 9.17) is 0 Å².